The van der Waals surface area contributed by atoms with Crippen LogP contribution in [0.5, 0.6) is 0 Å². The number of alkyl halides is 2. The van der Waals surface area contributed by atoms with Crippen LogP contribution in [0.25, 0.3) is 22.2 Å². The minimum Gasteiger partial charge on any atom is -0.323 e. The van der Waals surface area contributed by atoms with Gasteiger partial charge in [0.15, 0.2) is 5.78 Å². The molecule has 2 aromatic carbocycles. The molecule has 2 aliphatic rings. The van der Waals surface area contributed by atoms with E-state index in [0.29, 0.717) is 5.56 Å². The summed E-state index contributed by atoms with van der Waals surface area (Å²) in [6.07, 6.45) is -1.21. The Labute approximate surface area is 188 Å². The fraction of sp³-hybridized carbons (Fsp3) is 0.280. The third-order valence-electron chi connectivity index (χ3n) is 6.48. The summed E-state index contributed by atoms with van der Waals surface area (Å²) in [6, 6.07) is 17.7. The number of amides is 3. The van der Waals surface area contributed by atoms with Gasteiger partial charge in [-0.25, -0.2) is 18.6 Å². The number of ketones is 1. The first-order valence-electron chi connectivity index (χ1n) is 10.8. The van der Waals surface area contributed by atoms with Gasteiger partial charge in [-0.1, -0.05) is 48.5 Å². The molecule has 0 atom stereocenters. The Hall–Kier alpha value is -3.68. The average molecular weight is 449 g/mol. The number of benzene rings is 2. The Morgan fingerprint density at radius 1 is 0.939 bits per heavy atom. The van der Waals surface area contributed by atoms with E-state index in [1.54, 1.807) is 24.3 Å². The van der Waals surface area contributed by atoms with Crippen LogP contribution in [0, 0.1) is 0 Å². The summed E-state index contributed by atoms with van der Waals surface area (Å²) in [5.74, 6) is -3.84. The number of para-hydroxylation sites is 1. The molecule has 1 N–H and O–H groups in total. The van der Waals surface area contributed by atoms with Crippen LogP contribution in [-0.2, 0) is 4.79 Å². The number of hydrogen-bond donors (Lipinski definition) is 1. The SMILES string of the molecule is O=C(CN1C(=O)NC2(CCC(F)(F)CC2)C1=O)c1ccc(-c2ccc3ccccc3n2)cc1. The van der Waals surface area contributed by atoms with Crippen molar-refractivity contribution in [1.29, 1.82) is 0 Å². The van der Waals surface area contributed by atoms with E-state index in [4.69, 9.17) is 0 Å². The number of carbonyl (C=O) groups is 3. The van der Waals surface area contributed by atoms with Crippen molar-refractivity contribution in [3.63, 3.8) is 0 Å². The van der Waals surface area contributed by atoms with Gasteiger partial charge in [0.05, 0.1) is 17.8 Å². The summed E-state index contributed by atoms with van der Waals surface area (Å²) in [5.41, 5.74) is 1.47. The van der Waals surface area contributed by atoms with E-state index >= 15 is 0 Å². The largest absolute Gasteiger partial charge is 0.325 e. The first kappa shape index (κ1) is 21.2. The zero-order valence-corrected chi connectivity index (χ0v) is 17.7. The fourth-order valence-electron chi connectivity index (χ4n) is 4.49. The van der Waals surface area contributed by atoms with E-state index in [1.807, 2.05) is 36.4 Å². The molecule has 5 rings (SSSR count). The van der Waals surface area contributed by atoms with Crippen molar-refractivity contribution in [2.75, 3.05) is 6.54 Å². The first-order valence-corrected chi connectivity index (χ1v) is 10.8. The summed E-state index contributed by atoms with van der Waals surface area (Å²) in [6.45, 7) is -0.434. The lowest BCUT2D eigenvalue weighted by Gasteiger charge is -2.34. The van der Waals surface area contributed by atoms with Crippen molar-refractivity contribution in [2.45, 2.75) is 37.1 Å². The molecule has 2 fully saturated rings. The molecule has 8 heteroatoms. The van der Waals surface area contributed by atoms with Gasteiger partial charge in [0, 0.05) is 29.4 Å². The second-order valence-corrected chi connectivity index (χ2v) is 8.65. The molecule has 1 spiro atoms. The highest BCUT2D eigenvalue weighted by atomic mass is 19.3. The first-order chi connectivity index (χ1) is 15.8. The standard InChI is InChI=1S/C25H21F2N3O3/c26-25(27)13-11-24(12-14-25)22(32)30(23(33)29-24)15-21(31)18-7-5-17(6-8-18)20-10-9-16-3-1-2-4-19(16)28-20/h1-10H,11-15H2,(H,29,33). The van der Waals surface area contributed by atoms with Gasteiger partial charge in [-0.15, -0.1) is 0 Å². The number of halogens is 2. The number of Topliss-reactive ketones (excluding diaryl/α,β-unsaturated/α-hetero) is 1. The molecule has 1 aliphatic heterocycles. The van der Waals surface area contributed by atoms with Gasteiger partial charge in [0.1, 0.15) is 5.54 Å². The molecule has 3 aromatic rings. The number of rotatable bonds is 4. The lowest BCUT2D eigenvalue weighted by atomic mass is 9.80. The summed E-state index contributed by atoms with van der Waals surface area (Å²) >= 11 is 0. The summed E-state index contributed by atoms with van der Waals surface area (Å²) in [5, 5.41) is 3.58. The van der Waals surface area contributed by atoms with Crippen LogP contribution >= 0.6 is 0 Å². The second kappa shape index (κ2) is 7.72. The predicted molar refractivity (Wildman–Crippen MR) is 118 cm³/mol. The molecule has 0 radical (unpaired) electrons. The Bertz CT molecular complexity index is 1260. The van der Waals surface area contributed by atoms with Gasteiger partial charge in [-0.2, -0.15) is 0 Å². The molecule has 0 unspecified atom stereocenters. The quantitative estimate of drug-likeness (QED) is 0.467. The molecule has 168 valence electrons. The molecular formula is C25H21F2N3O3. The molecule has 1 saturated carbocycles. The van der Waals surface area contributed by atoms with Crippen molar-refractivity contribution in [2.24, 2.45) is 0 Å². The van der Waals surface area contributed by atoms with Crippen LogP contribution in [0.2, 0.25) is 0 Å². The minimum absolute atomic E-state index is 0.136. The van der Waals surface area contributed by atoms with Crippen molar-refractivity contribution in [1.82, 2.24) is 15.2 Å². The predicted octanol–water partition coefficient (Wildman–Crippen LogP) is 4.58. The summed E-state index contributed by atoms with van der Waals surface area (Å²) < 4.78 is 27.1. The van der Waals surface area contributed by atoms with Crippen molar-refractivity contribution >= 4 is 28.6 Å². The maximum atomic E-state index is 13.5. The fourth-order valence-corrected chi connectivity index (χ4v) is 4.49. The number of hydrogen-bond acceptors (Lipinski definition) is 4. The number of aromatic nitrogens is 1. The number of nitrogens with zero attached hydrogens (tertiary/aromatic N) is 2. The number of fused-ring (bicyclic) bond motifs is 1. The Kier molecular flexibility index (Phi) is 4.96. The lowest BCUT2D eigenvalue weighted by molar-refractivity contribution is -0.135. The van der Waals surface area contributed by atoms with E-state index in [-0.39, 0.29) is 12.8 Å². The summed E-state index contributed by atoms with van der Waals surface area (Å²) in [4.78, 5) is 43.5. The van der Waals surface area contributed by atoms with Crippen LogP contribution in [0.3, 0.4) is 0 Å². The van der Waals surface area contributed by atoms with E-state index in [0.717, 1.165) is 27.1 Å². The Morgan fingerprint density at radius 2 is 1.64 bits per heavy atom. The number of carbonyl (C=O) groups excluding carboxylic acids is 3. The minimum atomic E-state index is -2.83. The molecule has 0 bridgehead atoms. The smallest absolute Gasteiger partial charge is 0.323 e. The molecule has 1 saturated heterocycles. The molecular weight excluding hydrogens is 428 g/mol. The molecule has 33 heavy (non-hydrogen) atoms. The zero-order valence-electron chi connectivity index (χ0n) is 17.7. The zero-order chi connectivity index (χ0) is 23.2. The highest BCUT2D eigenvalue weighted by Gasteiger charge is 2.55. The van der Waals surface area contributed by atoms with Gasteiger partial charge in [0.2, 0.25) is 5.92 Å². The van der Waals surface area contributed by atoms with Crippen molar-refractivity contribution in [3.05, 3.63) is 66.2 Å². The van der Waals surface area contributed by atoms with E-state index < -0.39 is 48.6 Å². The van der Waals surface area contributed by atoms with Crippen LogP contribution in [0.1, 0.15) is 36.0 Å². The second-order valence-electron chi connectivity index (χ2n) is 8.65. The molecule has 1 aliphatic carbocycles. The third kappa shape index (κ3) is 3.86. The summed E-state index contributed by atoms with van der Waals surface area (Å²) in [7, 11) is 0. The maximum Gasteiger partial charge on any atom is 0.325 e. The highest BCUT2D eigenvalue weighted by Crippen LogP contribution is 2.41. The van der Waals surface area contributed by atoms with E-state index in [2.05, 4.69) is 10.3 Å². The third-order valence-corrected chi connectivity index (χ3v) is 6.48. The maximum absolute atomic E-state index is 13.5. The number of nitrogens with one attached hydrogen (secondary N) is 1. The number of pyridine rings is 1. The van der Waals surface area contributed by atoms with Gasteiger partial charge < -0.3 is 5.32 Å². The monoisotopic (exact) mass is 449 g/mol. The molecule has 1 aromatic heterocycles. The molecule has 3 amide bonds. The van der Waals surface area contributed by atoms with E-state index in [9.17, 15) is 23.2 Å². The Balaban J connectivity index is 1.30. The molecule has 2 heterocycles. The van der Waals surface area contributed by atoms with Crippen LogP contribution in [-0.4, -0.2) is 45.6 Å². The lowest BCUT2D eigenvalue weighted by Crippen LogP contribution is -2.51. The molecule has 6 nitrogen and oxygen atoms in total. The van der Waals surface area contributed by atoms with Crippen molar-refractivity contribution < 1.29 is 23.2 Å². The van der Waals surface area contributed by atoms with Crippen LogP contribution in [0.15, 0.2) is 60.7 Å². The highest BCUT2D eigenvalue weighted by molar-refractivity contribution is 6.11. The number of imide groups is 1. The average Bonchev–Trinajstić information content (AvgIpc) is 3.05. The van der Waals surface area contributed by atoms with Crippen LogP contribution in [0.4, 0.5) is 13.6 Å². The van der Waals surface area contributed by atoms with Gasteiger partial charge in [-0.05, 0) is 25.0 Å². The number of urea groups is 1. The van der Waals surface area contributed by atoms with Gasteiger partial charge in [-0.3, -0.25) is 14.5 Å². The van der Waals surface area contributed by atoms with Gasteiger partial charge in [0.25, 0.3) is 5.91 Å². The van der Waals surface area contributed by atoms with E-state index in [1.165, 1.54) is 0 Å². The van der Waals surface area contributed by atoms with Crippen LogP contribution < -0.4 is 5.32 Å². The van der Waals surface area contributed by atoms with Gasteiger partial charge >= 0.3 is 6.03 Å². The normalized spacial score (nSPS) is 19.2. The Morgan fingerprint density at radius 3 is 2.36 bits per heavy atom. The van der Waals surface area contributed by atoms with Crippen molar-refractivity contribution in [3.8, 4) is 11.3 Å². The topological polar surface area (TPSA) is 79.4 Å².